The van der Waals surface area contributed by atoms with Gasteiger partial charge in [0.05, 0.1) is 11.3 Å². The molecule has 0 aliphatic rings. The molecule has 0 atom stereocenters. The van der Waals surface area contributed by atoms with Crippen LogP contribution < -0.4 is 20.1 Å². The summed E-state index contributed by atoms with van der Waals surface area (Å²) >= 11 is 0. The second-order valence-corrected chi connectivity index (χ2v) is 10.7. The highest BCUT2D eigenvalue weighted by Gasteiger charge is 2.29. The molecule has 3 N–H and O–H groups in total. The molecule has 0 aliphatic carbocycles. The number of hydrogen-bond acceptors (Lipinski definition) is 7. The van der Waals surface area contributed by atoms with Crippen molar-refractivity contribution in [3.63, 3.8) is 0 Å². The molecule has 0 spiro atoms. The van der Waals surface area contributed by atoms with E-state index >= 15 is 0 Å². The van der Waals surface area contributed by atoms with Gasteiger partial charge in [0, 0.05) is 30.8 Å². The third kappa shape index (κ3) is 7.23. The molecule has 3 aromatic carbocycles. The minimum atomic E-state index is -0.399. The van der Waals surface area contributed by atoms with E-state index in [4.69, 9.17) is 14.0 Å². The molecule has 45 heavy (non-hydrogen) atoms. The molecule has 0 unspecified atom stereocenters. The lowest BCUT2D eigenvalue weighted by molar-refractivity contribution is 0.0940. The van der Waals surface area contributed by atoms with Crippen LogP contribution in [0, 0.1) is 0 Å². The van der Waals surface area contributed by atoms with Gasteiger partial charge in [0.15, 0.2) is 17.1 Å². The summed E-state index contributed by atoms with van der Waals surface area (Å²) in [5.41, 5.74) is 4.65. The van der Waals surface area contributed by atoms with Gasteiger partial charge in [0.1, 0.15) is 24.7 Å². The highest BCUT2D eigenvalue weighted by atomic mass is 16.5. The molecule has 0 saturated heterocycles. The number of rotatable bonds is 13. The van der Waals surface area contributed by atoms with Crippen LogP contribution in [-0.2, 0) is 13.2 Å². The fourth-order valence-corrected chi connectivity index (χ4v) is 4.88. The Hall–Kier alpha value is -5.38. The van der Waals surface area contributed by atoms with Gasteiger partial charge in [-0.05, 0) is 42.5 Å². The normalized spacial score (nSPS) is 11.0. The van der Waals surface area contributed by atoms with Crippen molar-refractivity contribution in [2.45, 2.75) is 46.8 Å². The third-order valence-electron chi connectivity index (χ3n) is 7.12. The number of carbonyl (C=O) groups excluding carboxylic acids is 2. The van der Waals surface area contributed by atoms with E-state index in [1.165, 1.54) is 6.07 Å². The van der Waals surface area contributed by atoms with Gasteiger partial charge in [-0.25, -0.2) is 0 Å². The third-order valence-corrected chi connectivity index (χ3v) is 7.12. The van der Waals surface area contributed by atoms with Crippen LogP contribution in [0.3, 0.4) is 0 Å². The van der Waals surface area contributed by atoms with Crippen molar-refractivity contribution >= 4 is 11.8 Å². The largest absolute Gasteiger partial charge is 0.488 e. The van der Waals surface area contributed by atoms with Crippen molar-refractivity contribution in [1.82, 2.24) is 26.0 Å². The van der Waals surface area contributed by atoms with Crippen LogP contribution in [0.2, 0.25) is 0 Å². The predicted molar refractivity (Wildman–Crippen MR) is 171 cm³/mol. The number of nitrogens with zero attached hydrogens (tertiary/aromatic N) is 2. The summed E-state index contributed by atoms with van der Waals surface area (Å²) in [7, 11) is 0. The lowest BCUT2D eigenvalue weighted by atomic mass is 9.95. The Morgan fingerprint density at radius 2 is 1.42 bits per heavy atom. The fraction of sp³-hybridized carbons (Fsp3) is 0.257. The Labute approximate surface area is 262 Å². The maximum absolute atomic E-state index is 13.2. The molecule has 0 fully saturated rings. The van der Waals surface area contributed by atoms with Gasteiger partial charge in [-0.15, -0.1) is 0 Å². The van der Waals surface area contributed by atoms with Crippen LogP contribution in [0.25, 0.3) is 22.6 Å². The Balaban J connectivity index is 1.65. The summed E-state index contributed by atoms with van der Waals surface area (Å²) in [5.74, 6) is 0.717. The predicted octanol–water partition coefficient (Wildman–Crippen LogP) is 6.51. The van der Waals surface area contributed by atoms with Gasteiger partial charge >= 0.3 is 0 Å². The van der Waals surface area contributed by atoms with Crippen molar-refractivity contribution in [2.24, 2.45) is 0 Å². The maximum Gasteiger partial charge on any atom is 0.273 e. The molecule has 5 rings (SSSR count). The maximum atomic E-state index is 13.2. The molecule has 0 bridgehead atoms. The topological polar surface area (TPSA) is 131 Å². The SMILES string of the molecule is CCNC(=O)c1cc(-c2c(C(=O)NCC)n[nH]c2-c2cc(C(C)C)c(OCc3ccccc3)cc2OCc2ccccc2)on1. The summed E-state index contributed by atoms with van der Waals surface area (Å²) in [4.78, 5) is 25.7. The first-order valence-electron chi connectivity index (χ1n) is 15.0. The lowest BCUT2D eigenvalue weighted by Crippen LogP contribution is -2.23. The van der Waals surface area contributed by atoms with E-state index in [0.717, 1.165) is 16.7 Å². The van der Waals surface area contributed by atoms with Gasteiger partial charge in [-0.3, -0.25) is 14.7 Å². The quantitative estimate of drug-likeness (QED) is 0.139. The summed E-state index contributed by atoms with van der Waals surface area (Å²) < 4.78 is 18.5. The molecule has 2 aromatic heterocycles. The smallest absolute Gasteiger partial charge is 0.273 e. The monoisotopic (exact) mass is 607 g/mol. The summed E-state index contributed by atoms with van der Waals surface area (Å²) in [6.07, 6.45) is 0. The summed E-state index contributed by atoms with van der Waals surface area (Å²) in [5, 5.41) is 16.9. The fourth-order valence-electron chi connectivity index (χ4n) is 4.88. The van der Waals surface area contributed by atoms with Crippen LogP contribution in [0.15, 0.2) is 83.4 Å². The highest BCUT2D eigenvalue weighted by Crippen LogP contribution is 2.43. The van der Waals surface area contributed by atoms with E-state index in [1.807, 2.05) is 86.6 Å². The Kier molecular flexibility index (Phi) is 9.93. The average Bonchev–Trinajstić information content (AvgIpc) is 3.72. The van der Waals surface area contributed by atoms with E-state index in [2.05, 4.69) is 39.8 Å². The Morgan fingerprint density at radius 1 is 0.822 bits per heavy atom. The molecule has 10 nitrogen and oxygen atoms in total. The number of nitrogens with one attached hydrogen (secondary N) is 3. The molecule has 0 aliphatic heterocycles. The number of hydrogen-bond donors (Lipinski definition) is 3. The van der Waals surface area contributed by atoms with Crippen molar-refractivity contribution in [3.05, 3.63) is 107 Å². The molecular formula is C35H37N5O5. The highest BCUT2D eigenvalue weighted by molar-refractivity contribution is 6.03. The minimum absolute atomic E-state index is 0.0848. The van der Waals surface area contributed by atoms with E-state index in [-0.39, 0.29) is 29.0 Å². The summed E-state index contributed by atoms with van der Waals surface area (Å²) in [6.45, 7) is 9.32. The van der Waals surface area contributed by atoms with Gasteiger partial charge in [0.25, 0.3) is 11.8 Å². The number of amides is 2. The first-order valence-corrected chi connectivity index (χ1v) is 15.0. The van der Waals surface area contributed by atoms with Gasteiger partial charge in [-0.2, -0.15) is 5.10 Å². The van der Waals surface area contributed by atoms with Crippen molar-refractivity contribution in [1.29, 1.82) is 0 Å². The van der Waals surface area contributed by atoms with Crippen LogP contribution in [0.5, 0.6) is 11.5 Å². The molecule has 2 amide bonds. The number of aromatic amines is 1. The van der Waals surface area contributed by atoms with E-state index in [0.29, 0.717) is 54.6 Å². The molecule has 0 saturated carbocycles. The van der Waals surface area contributed by atoms with Gasteiger partial charge in [-0.1, -0.05) is 79.7 Å². The van der Waals surface area contributed by atoms with Crippen LogP contribution in [0.1, 0.15) is 71.3 Å². The van der Waals surface area contributed by atoms with Crippen LogP contribution >= 0.6 is 0 Å². The zero-order valence-electron chi connectivity index (χ0n) is 25.8. The number of H-pyrrole nitrogens is 1. The van der Waals surface area contributed by atoms with Gasteiger partial charge < -0.3 is 24.6 Å². The second kappa shape index (κ2) is 14.4. The average molecular weight is 608 g/mol. The second-order valence-electron chi connectivity index (χ2n) is 10.7. The van der Waals surface area contributed by atoms with E-state index in [1.54, 1.807) is 0 Å². The first kappa shape index (κ1) is 31.1. The Morgan fingerprint density at radius 3 is 2.02 bits per heavy atom. The van der Waals surface area contributed by atoms with Crippen LogP contribution in [0.4, 0.5) is 0 Å². The van der Waals surface area contributed by atoms with Crippen molar-refractivity contribution < 1.29 is 23.6 Å². The molecule has 0 radical (unpaired) electrons. The van der Waals surface area contributed by atoms with E-state index < -0.39 is 5.91 Å². The van der Waals surface area contributed by atoms with Crippen molar-refractivity contribution in [3.8, 4) is 34.1 Å². The molecule has 232 valence electrons. The standard InChI is InChI=1S/C35H37N5O5/c1-5-36-34(41)27-18-30(45-40-27)31-32(38-39-33(31)35(42)37-6-2)26-17-25(22(3)4)28(43-20-23-13-9-7-10-14-23)19-29(26)44-21-24-15-11-8-12-16-24/h7-19,22H,5-6,20-21H2,1-4H3,(H,36,41)(H,37,42)(H,38,39). The number of benzene rings is 3. The molecule has 5 aromatic rings. The summed E-state index contributed by atoms with van der Waals surface area (Å²) in [6, 6.07) is 25.2. The van der Waals surface area contributed by atoms with E-state index in [9.17, 15) is 9.59 Å². The number of ether oxygens (including phenoxy) is 2. The first-order chi connectivity index (χ1) is 21.9. The molecule has 2 heterocycles. The zero-order chi connectivity index (χ0) is 31.8. The lowest BCUT2D eigenvalue weighted by Gasteiger charge is -2.20. The molecule has 10 heteroatoms. The molecular weight excluding hydrogens is 570 g/mol. The Bertz CT molecular complexity index is 1750. The van der Waals surface area contributed by atoms with Gasteiger partial charge in [0.2, 0.25) is 0 Å². The van der Waals surface area contributed by atoms with Crippen LogP contribution in [-0.4, -0.2) is 40.3 Å². The number of aromatic nitrogens is 3. The number of carbonyl (C=O) groups is 2. The minimum Gasteiger partial charge on any atom is -0.488 e. The zero-order valence-corrected chi connectivity index (χ0v) is 25.8. The van der Waals surface area contributed by atoms with Crippen molar-refractivity contribution in [2.75, 3.05) is 13.1 Å².